The van der Waals surface area contributed by atoms with Crippen LogP contribution < -0.4 is 0 Å². The molecule has 1 rings (SSSR count). The molecule has 1 fully saturated rings. The van der Waals surface area contributed by atoms with E-state index in [0.717, 1.165) is 0 Å². The van der Waals surface area contributed by atoms with Crippen LogP contribution in [0, 0.1) is 5.75 Å². The number of hydrogen-bond acceptors (Lipinski definition) is 5. The van der Waals surface area contributed by atoms with Crippen LogP contribution in [0.4, 0.5) is 0 Å². The van der Waals surface area contributed by atoms with Gasteiger partial charge in [0.15, 0.2) is 0 Å². The fraction of sp³-hybridized carbons (Fsp3) is 0.500. The highest BCUT2D eigenvalue weighted by molar-refractivity contribution is 9.36. The van der Waals surface area contributed by atoms with Crippen LogP contribution in [-0.2, 0) is 0 Å². The van der Waals surface area contributed by atoms with Gasteiger partial charge in [-0.2, -0.15) is 0 Å². The Morgan fingerprint density at radius 3 is 3.14 bits per heavy atom. The van der Waals surface area contributed by atoms with Gasteiger partial charge in [-0.1, -0.05) is 21.6 Å². The van der Waals surface area contributed by atoms with E-state index >= 15 is 0 Å². The lowest BCUT2D eigenvalue weighted by atomic mass is 11.0. The molecule has 0 atom stereocenters. The average molecular weight is 187 g/mol. The SMILES string of the molecule is [CH]1CSSSSS1. The Bertz CT molecular complexity index is 25.7. The van der Waals surface area contributed by atoms with Crippen molar-refractivity contribution in [2.75, 3.05) is 5.75 Å². The maximum absolute atomic E-state index is 2.22. The third-order valence-electron chi connectivity index (χ3n) is 0.347. The molecule has 0 aromatic rings. The Morgan fingerprint density at radius 1 is 1.14 bits per heavy atom. The van der Waals surface area contributed by atoms with Gasteiger partial charge in [-0.25, -0.2) is 0 Å². The van der Waals surface area contributed by atoms with Crippen molar-refractivity contribution in [3.8, 4) is 0 Å². The van der Waals surface area contributed by atoms with Crippen molar-refractivity contribution in [1.82, 2.24) is 0 Å². The number of hydrogen-bond donors (Lipinski definition) is 0. The minimum Gasteiger partial charge on any atom is -0.0805 e. The molecule has 0 aromatic carbocycles. The molecule has 1 heterocycles. The van der Waals surface area contributed by atoms with Gasteiger partial charge in [0.2, 0.25) is 0 Å². The highest BCUT2D eigenvalue weighted by atomic mass is 33.8. The third kappa shape index (κ3) is 3.35. The second-order valence-electron chi connectivity index (χ2n) is 0.752. The van der Waals surface area contributed by atoms with Gasteiger partial charge in [-0.05, 0) is 29.5 Å². The summed E-state index contributed by atoms with van der Waals surface area (Å²) in [6, 6.07) is 0. The van der Waals surface area contributed by atoms with Crippen molar-refractivity contribution in [3.05, 3.63) is 5.75 Å². The number of rotatable bonds is 0. The second-order valence-corrected chi connectivity index (χ2v) is 8.44. The molecule has 0 unspecified atom stereocenters. The lowest BCUT2D eigenvalue weighted by Crippen LogP contribution is -1.62. The van der Waals surface area contributed by atoms with E-state index in [1.165, 1.54) is 5.75 Å². The molecule has 41 valence electrons. The zero-order valence-corrected chi connectivity index (χ0v) is 7.41. The van der Waals surface area contributed by atoms with E-state index in [0.29, 0.717) is 0 Å². The van der Waals surface area contributed by atoms with Crippen molar-refractivity contribution in [3.63, 3.8) is 0 Å². The van der Waals surface area contributed by atoms with E-state index in [1.54, 1.807) is 0 Å². The predicted molar refractivity (Wildman–Crippen MR) is 47.1 cm³/mol. The molecule has 5 heteroatoms. The first kappa shape index (κ1) is 6.86. The summed E-state index contributed by atoms with van der Waals surface area (Å²) in [4.78, 5) is 0. The summed E-state index contributed by atoms with van der Waals surface area (Å²) in [6.07, 6.45) is 0. The van der Waals surface area contributed by atoms with Crippen LogP contribution in [0.5, 0.6) is 0 Å². The third-order valence-corrected chi connectivity index (χ3v) is 8.70. The first-order chi connectivity index (χ1) is 3.50. The molecule has 1 aliphatic heterocycles. The molecule has 0 aliphatic carbocycles. The molecule has 0 bridgehead atoms. The smallest absolute Gasteiger partial charge is 0.0394 e. The van der Waals surface area contributed by atoms with E-state index in [9.17, 15) is 0 Å². The zero-order valence-electron chi connectivity index (χ0n) is 3.33. The summed E-state index contributed by atoms with van der Waals surface area (Å²) in [5, 5.41) is 0. The van der Waals surface area contributed by atoms with E-state index in [-0.39, 0.29) is 0 Å². The van der Waals surface area contributed by atoms with Crippen molar-refractivity contribution in [2.24, 2.45) is 0 Å². The van der Waals surface area contributed by atoms with Crippen LogP contribution >= 0.6 is 51.1 Å². The fourth-order valence-corrected chi connectivity index (χ4v) is 8.65. The van der Waals surface area contributed by atoms with Crippen LogP contribution in [0.25, 0.3) is 0 Å². The molecule has 1 radical (unpaired) electrons. The van der Waals surface area contributed by atoms with E-state index in [1.807, 2.05) is 51.1 Å². The lowest BCUT2D eigenvalue weighted by molar-refractivity contribution is 1.79. The first-order valence-electron chi connectivity index (χ1n) is 1.60. The Kier molecular flexibility index (Phi) is 4.52. The largest absolute Gasteiger partial charge is 0.0805 e. The minimum atomic E-state index is 1.18. The van der Waals surface area contributed by atoms with Crippen molar-refractivity contribution >= 4 is 51.1 Å². The van der Waals surface area contributed by atoms with Gasteiger partial charge in [0.25, 0.3) is 0 Å². The molecule has 0 spiro atoms. The molecule has 1 aliphatic rings. The quantitative estimate of drug-likeness (QED) is 0.531. The van der Waals surface area contributed by atoms with Crippen LogP contribution in [0.3, 0.4) is 0 Å². The summed E-state index contributed by atoms with van der Waals surface area (Å²) in [5.74, 6) is 3.40. The summed E-state index contributed by atoms with van der Waals surface area (Å²) >= 11 is 0. The Balaban J connectivity index is 2.04. The normalized spacial score (nSPS) is 24.0. The van der Waals surface area contributed by atoms with E-state index in [2.05, 4.69) is 5.75 Å². The zero-order chi connectivity index (χ0) is 4.95. The summed E-state index contributed by atoms with van der Waals surface area (Å²) < 4.78 is 0. The van der Waals surface area contributed by atoms with Gasteiger partial charge in [0.1, 0.15) is 0 Å². The molecule has 1 saturated heterocycles. The molecule has 0 amide bonds. The fourth-order valence-electron chi connectivity index (χ4n) is 0.158. The van der Waals surface area contributed by atoms with Crippen LogP contribution in [-0.4, -0.2) is 5.75 Å². The Labute approximate surface area is 62.3 Å². The van der Waals surface area contributed by atoms with Gasteiger partial charge >= 0.3 is 0 Å². The molecular formula is C2H3S5. The Hall–Kier alpha value is 1.75. The van der Waals surface area contributed by atoms with Gasteiger partial charge in [0, 0.05) is 11.5 Å². The van der Waals surface area contributed by atoms with Crippen molar-refractivity contribution in [1.29, 1.82) is 0 Å². The molecule has 7 heavy (non-hydrogen) atoms. The molecule has 0 nitrogen and oxygen atoms in total. The topological polar surface area (TPSA) is 0 Å². The minimum absolute atomic E-state index is 1.18. The molecule has 0 N–H and O–H groups in total. The maximum Gasteiger partial charge on any atom is 0.0394 e. The Morgan fingerprint density at radius 2 is 2.14 bits per heavy atom. The van der Waals surface area contributed by atoms with Crippen LogP contribution in [0.15, 0.2) is 0 Å². The van der Waals surface area contributed by atoms with E-state index in [4.69, 9.17) is 0 Å². The molecular weight excluding hydrogens is 184 g/mol. The highest BCUT2D eigenvalue weighted by Crippen LogP contribution is 2.53. The maximum atomic E-state index is 2.22. The molecule has 0 saturated carbocycles. The first-order valence-corrected chi connectivity index (χ1v) is 7.98. The summed E-state index contributed by atoms with van der Waals surface area (Å²) in [7, 11) is 9.27. The van der Waals surface area contributed by atoms with Crippen LogP contribution in [0.1, 0.15) is 0 Å². The second kappa shape index (κ2) is 4.61. The monoisotopic (exact) mass is 187 g/mol. The standard InChI is InChI=1S/C2H3S5/c1-2-4-6-7-5-3-1/h1H,2H2. The summed E-state index contributed by atoms with van der Waals surface area (Å²) in [6.45, 7) is 0. The van der Waals surface area contributed by atoms with Gasteiger partial charge in [-0.3, -0.25) is 0 Å². The van der Waals surface area contributed by atoms with Gasteiger partial charge in [-0.15, -0.1) is 0 Å². The van der Waals surface area contributed by atoms with Crippen LogP contribution in [0.2, 0.25) is 0 Å². The molecule has 0 aromatic heterocycles. The van der Waals surface area contributed by atoms with E-state index < -0.39 is 0 Å². The predicted octanol–water partition coefficient (Wildman–Crippen LogP) is 3.49. The summed E-state index contributed by atoms with van der Waals surface area (Å²) in [5.41, 5.74) is 0. The lowest BCUT2D eigenvalue weighted by Gasteiger charge is -1.82. The van der Waals surface area contributed by atoms with Gasteiger partial charge in [0.05, 0.1) is 0 Å². The van der Waals surface area contributed by atoms with Gasteiger partial charge < -0.3 is 0 Å². The highest BCUT2D eigenvalue weighted by Gasteiger charge is 1.99. The average Bonchev–Trinajstić information content (AvgIpc) is 1.90. The van der Waals surface area contributed by atoms with Crippen molar-refractivity contribution < 1.29 is 0 Å². The van der Waals surface area contributed by atoms with Crippen molar-refractivity contribution in [2.45, 2.75) is 0 Å².